The second kappa shape index (κ2) is 3.68. The molecule has 0 saturated carbocycles. The maximum Gasteiger partial charge on any atom is 0.0629 e. The Morgan fingerprint density at radius 2 is 2.33 bits per heavy atom. The van der Waals surface area contributed by atoms with Gasteiger partial charge in [-0.2, -0.15) is 0 Å². The van der Waals surface area contributed by atoms with Crippen molar-refractivity contribution in [2.24, 2.45) is 5.92 Å². The quantitative estimate of drug-likeness (QED) is 0.516. The summed E-state index contributed by atoms with van der Waals surface area (Å²) < 4.78 is 0. The van der Waals surface area contributed by atoms with Crippen LogP contribution in [0.3, 0.4) is 0 Å². The molecule has 1 aliphatic rings. The molecule has 0 radical (unpaired) electrons. The standard InChI is InChI=1S/C10H13NS/c1-4-8(7(2)3)10-9(12)5-6-11-10/h4-7,11H,1H2,2-3H3/b10-8-. The molecule has 0 fully saturated rings. The number of allylic oxidation sites excluding steroid dienone is 3. The van der Waals surface area contributed by atoms with Crippen LogP contribution >= 0.6 is 12.2 Å². The molecule has 12 heavy (non-hydrogen) atoms. The lowest BCUT2D eigenvalue weighted by atomic mass is 10.0. The number of rotatable bonds is 2. The second-order valence-corrected chi connectivity index (χ2v) is 3.47. The van der Waals surface area contributed by atoms with Crippen molar-refractivity contribution in [3.63, 3.8) is 0 Å². The van der Waals surface area contributed by atoms with Gasteiger partial charge in [0.15, 0.2) is 0 Å². The van der Waals surface area contributed by atoms with Crippen LogP contribution in [0.1, 0.15) is 13.8 Å². The van der Waals surface area contributed by atoms with Crippen LogP contribution in [-0.4, -0.2) is 4.86 Å². The van der Waals surface area contributed by atoms with Gasteiger partial charge in [0, 0.05) is 6.20 Å². The van der Waals surface area contributed by atoms with Gasteiger partial charge in [-0.25, -0.2) is 0 Å². The van der Waals surface area contributed by atoms with Crippen molar-refractivity contribution in [3.8, 4) is 0 Å². The van der Waals surface area contributed by atoms with E-state index in [9.17, 15) is 0 Å². The average Bonchev–Trinajstić information content (AvgIpc) is 2.38. The van der Waals surface area contributed by atoms with E-state index in [1.165, 1.54) is 5.57 Å². The zero-order chi connectivity index (χ0) is 9.14. The SMILES string of the molecule is C=C/C(=C1/NC=CC1=S)C(C)C. The van der Waals surface area contributed by atoms with Crippen molar-refractivity contribution >= 4 is 17.1 Å². The second-order valence-electron chi connectivity index (χ2n) is 3.03. The van der Waals surface area contributed by atoms with Gasteiger partial charge in [0.25, 0.3) is 0 Å². The highest BCUT2D eigenvalue weighted by atomic mass is 32.1. The summed E-state index contributed by atoms with van der Waals surface area (Å²) in [5.41, 5.74) is 2.22. The summed E-state index contributed by atoms with van der Waals surface area (Å²) in [6.07, 6.45) is 5.63. The van der Waals surface area contributed by atoms with Crippen molar-refractivity contribution in [2.75, 3.05) is 0 Å². The maximum atomic E-state index is 5.15. The first-order valence-corrected chi connectivity index (χ1v) is 4.41. The molecule has 0 atom stereocenters. The van der Waals surface area contributed by atoms with Gasteiger partial charge < -0.3 is 5.32 Å². The van der Waals surface area contributed by atoms with Crippen molar-refractivity contribution < 1.29 is 0 Å². The van der Waals surface area contributed by atoms with E-state index in [0.29, 0.717) is 5.92 Å². The summed E-state index contributed by atoms with van der Waals surface area (Å²) in [6.45, 7) is 8.04. The third-order valence-corrected chi connectivity index (χ3v) is 2.18. The molecule has 2 heteroatoms. The summed E-state index contributed by atoms with van der Waals surface area (Å²) in [6, 6.07) is 0. The molecule has 0 aromatic rings. The first-order chi connectivity index (χ1) is 5.66. The summed E-state index contributed by atoms with van der Waals surface area (Å²) in [5.74, 6) is 0.461. The van der Waals surface area contributed by atoms with Crippen LogP contribution in [0, 0.1) is 5.92 Å². The summed E-state index contributed by atoms with van der Waals surface area (Å²) in [5, 5.41) is 3.13. The van der Waals surface area contributed by atoms with Crippen molar-refractivity contribution in [1.29, 1.82) is 0 Å². The van der Waals surface area contributed by atoms with Gasteiger partial charge in [-0.15, -0.1) is 0 Å². The highest BCUT2D eigenvalue weighted by molar-refractivity contribution is 7.81. The Bertz CT molecular complexity index is 272. The minimum Gasteiger partial charge on any atom is -0.360 e. The van der Waals surface area contributed by atoms with Crippen LogP contribution in [0.2, 0.25) is 0 Å². The Morgan fingerprint density at radius 3 is 2.67 bits per heavy atom. The first kappa shape index (κ1) is 9.20. The average molecular weight is 179 g/mol. The van der Waals surface area contributed by atoms with E-state index in [4.69, 9.17) is 12.2 Å². The Hall–Kier alpha value is -0.890. The molecule has 0 saturated heterocycles. The van der Waals surface area contributed by atoms with Gasteiger partial charge in [-0.1, -0.05) is 38.7 Å². The number of thiocarbonyl (C=S) groups is 1. The molecule has 1 rings (SSSR count). The number of nitrogens with one attached hydrogen (secondary N) is 1. The molecule has 0 aromatic heterocycles. The fraction of sp³-hybridized carbons (Fsp3) is 0.300. The van der Waals surface area contributed by atoms with E-state index in [1.54, 1.807) is 0 Å². The minimum absolute atomic E-state index is 0.461. The van der Waals surface area contributed by atoms with E-state index in [0.717, 1.165) is 10.6 Å². The Balaban J connectivity index is 3.02. The normalized spacial score (nSPS) is 19.8. The fourth-order valence-electron chi connectivity index (χ4n) is 1.21. The fourth-order valence-corrected chi connectivity index (χ4v) is 1.45. The lowest BCUT2D eigenvalue weighted by Crippen LogP contribution is -2.10. The highest BCUT2D eigenvalue weighted by Crippen LogP contribution is 2.18. The van der Waals surface area contributed by atoms with Gasteiger partial charge in [-0.05, 0) is 17.6 Å². The molecule has 0 aliphatic carbocycles. The number of hydrogen-bond acceptors (Lipinski definition) is 2. The zero-order valence-electron chi connectivity index (χ0n) is 7.42. The highest BCUT2D eigenvalue weighted by Gasteiger charge is 2.12. The topological polar surface area (TPSA) is 12.0 Å². The van der Waals surface area contributed by atoms with Gasteiger partial charge in [0.05, 0.1) is 10.6 Å². The van der Waals surface area contributed by atoms with Crippen molar-refractivity contribution in [3.05, 3.63) is 36.2 Å². The van der Waals surface area contributed by atoms with Crippen LogP contribution in [0.4, 0.5) is 0 Å². The van der Waals surface area contributed by atoms with E-state index < -0.39 is 0 Å². The third-order valence-electron chi connectivity index (χ3n) is 1.84. The summed E-state index contributed by atoms with van der Waals surface area (Å²) >= 11 is 5.15. The molecule has 0 unspecified atom stereocenters. The van der Waals surface area contributed by atoms with E-state index >= 15 is 0 Å². The van der Waals surface area contributed by atoms with Crippen LogP contribution in [0.5, 0.6) is 0 Å². The van der Waals surface area contributed by atoms with E-state index in [1.807, 2.05) is 18.4 Å². The van der Waals surface area contributed by atoms with E-state index in [2.05, 4.69) is 25.7 Å². The van der Waals surface area contributed by atoms with Crippen molar-refractivity contribution in [1.82, 2.24) is 5.32 Å². The van der Waals surface area contributed by atoms with Gasteiger partial charge in [0.2, 0.25) is 0 Å². The van der Waals surface area contributed by atoms with Crippen LogP contribution in [0.15, 0.2) is 36.2 Å². The molecule has 1 nitrogen and oxygen atoms in total. The van der Waals surface area contributed by atoms with Crippen LogP contribution < -0.4 is 5.32 Å². The molecule has 1 N–H and O–H groups in total. The molecule has 64 valence electrons. The summed E-state index contributed by atoms with van der Waals surface area (Å²) in [7, 11) is 0. The van der Waals surface area contributed by atoms with Gasteiger partial charge in [-0.3, -0.25) is 0 Å². The molecule has 0 spiro atoms. The summed E-state index contributed by atoms with van der Waals surface area (Å²) in [4.78, 5) is 0.874. The first-order valence-electron chi connectivity index (χ1n) is 4.01. The Morgan fingerprint density at radius 1 is 1.67 bits per heavy atom. The zero-order valence-corrected chi connectivity index (χ0v) is 8.24. The largest absolute Gasteiger partial charge is 0.360 e. The van der Waals surface area contributed by atoms with Gasteiger partial charge in [0.1, 0.15) is 0 Å². The predicted molar refractivity (Wildman–Crippen MR) is 56.9 cm³/mol. The lowest BCUT2D eigenvalue weighted by Gasteiger charge is -2.10. The van der Waals surface area contributed by atoms with Crippen LogP contribution in [0.25, 0.3) is 0 Å². The molecule has 0 aromatic carbocycles. The molecule has 0 amide bonds. The maximum absolute atomic E-state index is 5.15. The Labute approximate surface area is 78.9 Å². The number of hydrogen-bond donors (Lipinski definition) is 1. The molecule has 1 heterocycles. The monoisotopic (exact) mass is 179 g/mol. The Kier molecular flexibility index (Phi) is 2.82. The molecular formula is C10H13NS. The predicted octanol–water partition coefficient (Wildman–Crippen LogP) is 2.57. The van der Waals surface area contributed by atoms with E-state index in [-0.39, 0.29) is 0 Å². The third kappa shape index (κ3) is 1.64. The van der Waals surface area contributed by atoms with Gasteiger partial charge >= 0.3 is 0 Å². The minimum atomic E-state index is 0.461. The lowest BCUT2D eigenvalue weighted by molar-refractivity contribution is 0.779. The molecular weight excluding hydrogens is 166 g/mol. The van der Waals surface area contributed by atoms with Crippen LogP contribution in [-0.2, 0) is 0 Å². The smallest absolute Gasteiger partial charge is 0.0629 e. The van der Waals surface area contributed by atoms with Crippen molar-refractivity contribution in [2.45, 2.75) is 13.8 Å². The molecule has 1 aliphatic heterocycles. The molecule has 0 bridgehead atoms.